The third-order valence-electron chi connectivity index (χ3n) is 5.15. The van der Waals surface area contributed by atoms with Gasteiger partial charge < -0.3 is 4.90 Å². The van der Waals surface area contributed by atoms with E-state index in [1.165, 1.54) is 21.9 Å². The van der Waals surface area contributed by atoms with E-state index >= 15 is 0 Å². The highest BCUT2D eigenvalue weighted by Crippen LogP contribution is 2.30. The van der Waals surface area contributed by atoms with Crippen molar-refractivity contribution in [1.82, 2.24) is 10.9 Å². The quantitative estimate of drug-likeness (QED) is 0.760. The van der Waals surface area contributed by atoms with Crippen molar-refractivity contribution in [1.29, 1.82) is 0 Å². The van der Waals surface area contributed by atoms with Gasteiger partial charge in [0, 0.05) is 18.8 Å². The van der Waals surface area contributed by atoms with Crippen LogP contribution >= 0.6 is 0 Å². The molecule has 26 heavy (non-hydrogen) atoms. The lowest BCUT2D eigenvalue weighted by Gasteiger charge is -2.21. The molecule has 0 aromatic heterocycles. The second-order valence-corrected chi connectivity index (χ2v) is 6.93. The zero-order chi connectivity index (χ0) is 18.1. The number of carbonyl (C=O) groups excluding carboxylic acids is 1. The van der Waals surface area contributed by atoms with Gasteiger partial charge in [-0.3, -0.25) is 4.79 Å². The summed E-state index contributed by atoms with van der Waals surface area (Å²) in [5.41, 5.74) is 9.83. The van der Waals surface area contributed by atoms with Crippen LogP contribution in [0.2, 0.25) is 0 Å². The lowest BCUT2D eigenvalue weighted by molar-refractivity contribution is -0.120. The van der Waals surface area contributed by atoms with Gasteiger partial charge in [0.2, 0.25) is 5.91 Å². The lowest BCUT2D eigenvalue weighted by Crippen LogP contribution is -2.44. The average Bonchev–Trinajstić information content (AvgIpc) is 3.17. The zero-order valence-corrected chi connectivity index (χ0v) is 15.1. The van der Waals surface area contributed by atoms with E-state index in [0.717, 1.165) is 12.1 Å². The number of carbonyl (C=O) groups is 1. The van der Waals surface area contributed by atoms with Crippen LogP contribution in [0.5, 0.6) is 0 Å². The number of rotatable bonds is 3. The van der Waals surface area contributed by atoms with Crippen molar-refractivity contribution in [3.05, 3.63) is 77.9 Å². The third kappa shape index (κ3) is 3.09. The first-order valence-electron chi connectivity index (χ1n) is 8.96. The van der Waals surface area contributed by atoms with Crippen molar-refractivity contribution in [2.45, 2.75) is 25.4 Å². The number of amides is 1. The molecule has 4 heteroatoms. The normalized spacial score (nSPS) is 19.6. The van der Waals surface area contributed by atoms with E-state index in [1.807, 2.05) is 38.2 Å². The number of hydrazine groups is 1. The summed E-state index contributed by atoms with van der Waals surface area (Å²) in [6.07, 6.45) is 0.725. The molecule has 4 rings (SSSR count). The van der Waals surface area contributed by atoms with E-state index in [-0.39, 0.29) is 18.0 Å². The van der Waals surface area contributed by atoms with Gasteiger partial charge in [0.1, 0.15) is 6.04 Å². The third-order valence-corrected chi connectivity index (χ3v) is 5.15. The molecule has 1 heterocycles. The van der Waals surface area contributed by atoms with Crippen LogP contribution in [0.3, 0.4) is 0 Å². The van der Waals surface area contributed by atoms with Gasteiger partial charge in [-0.15, -0.1) is 0 Å². The Morgan fingerprint density at radius 3 is 2.50 bits per heavy atom. The molecule has 1 fully saturated rings. The van der Waals surface area contributed by atoms with Gasteiger partial charge in [-0.05, 0) is 41.8 Å². The van der Waals surface area contributed by atoms with Gasteiger partial charge >= 0.3 is 0 Å². The molecular formula is C22H23N3O. The van der Waals surface area contributed by atoms with Gasteiger partial charge in [-0.25, -0.2) is 10.9 Å². The minimum Gasteiger partial charge on any atom is -0.314 e. The van der Waals surface area contributed by atoms with Crippen molar-refractivity contribution in [3.63, 3.8) is 0 Å². The summed E-state index contributed by atoms with van der Waals surface area (Å²) in [6.45, 7) is 2.04. The van der Waals surface area contributed by atoms with Gasteiger partial charge in [0.25, 0.3) is 0 Å². The molecule has 0 saturated carbocycles. The largest absolute Gasteiger partial charge is 0.314 e. The summed E-state index contributed by atoms with van der Waals surface area (Å²) in [5.74, 6) is 0.0732. The smallest absolute Gasteiger partial charge is 0.245 e. The van der Waals surface area contributed by atoms with Gasteiger partial charge in [-0.1, -0.05) is 60.2 Å². The number of hydrogen-bond acceptors (Lipinski definition) is 3. The summed E-state index contributed by atoms with van der Waals surface area (Å²) in [7, 11) is 1.83. The fourth-order valence-electron chi connectivity index (χ4n) is 3.61. The molecule has 0 spiro atoms. The summed E-state index contributed by atoms with van der Waals surface area (Å²) in [6, 6.07) is 22.6. The summed E-state index contributed by atoms with van der Waals surface area (Å²) in [4.78, 5) is 14.6. The van der Waals surface area contributed by atoms with Crippen LogP contribution < -0.4 is 15.8 Å². The molecule has 2 unspecified atom stereocenters. The Balaban J connectivity index is 1.52. The fraction of sp³-hybridized carbons (Fsp3) is 0.227. The Morgan fingerprint density at radius 2 is 1.69 bits per heavy atom. The van der Waals surface area contributed by atoms with Crippen LogP contribution in [0.25, 0.3) is 10.8 Å². The predicted octanol–water partition coefficient (Wildman–Crippen LogP) is 3.72. The number of hydrogen-bond donors (Lipinski definition) is 2. The molecular weight excluding hydrogens is 322 g/mol. The highest BCUT2D eigenvalue weighted by atomic mass is 16.2. The van der Waals surface area contributed by atoms with Crippen LogP contribution in [-0.2, 0) is 4.79 Å². The lowest BCUT2D eigenvalue weighted by atomic mass is 9.96. The van der Waals surface area contributed by atoms with E-state index in [9.17, 15) is 4.79 Å². The van der Waals surface area contributed by atoms with E-state index in [0.29, 0.717) is 0 Å². The molecule has 1 aliphatic heterocycles. The standard InChI is InChI=1S/C22H23N3O/c1-15-10-12-17(13-11-15)25(2)22(26)21-14-20(23-24-21)19-9-5-7-16-6-3-4-8-18(16)19/h3-13,20-21,23-24H,14H2,1-2H3. The van der Waals surface area contributed by atoms with Crippen molar-refractivity contribution >= 4 is 22.4 Å². The Hall–Kier alpha value is -2.69. The number of aryl methyl sites for hydroxylation is 1. The Morgan fingerprint density at radius 1 is 0.962 bits per heavy atom. The highest BCUT2D eigenvalue weighted by Gasteiger charge is 2.32. The first-order chi connectivity index (χ1) is 12.6. The second-order valence-electron chi connectivity index (χ2n) is 6.93. The molecule has 1 aliphatic rings. The van der Waals surface area contributed by atoms with E-state index in [1.54, 1.807) is 4.90 Å². The molecule has 2 atom stereocenters. The highest BCUT2D eigenvalue weighted by molar-refractivity contribution is 5.97. The minimum atomic E-state index is -0.245. The topological polar surface area (TPSA) is 44.4 Å². The maximum atomic E-state index is 12.9. The van der Waals surface area contributed by atoms with Crippen LogP contribution in [-0.4, -0.2) is 19.0 Å². The fourth-order valence-corrected chi connectivity index (χ4v) is 3.61. The van der Waals surface area contributed by atoms with Gasteiger partial charge in [-0.2, -0.15) is 0 Å². The zero-order valence-electron chi connectivity index (χ0n) is 15.1. The first-order valence-corrected chi connectivity index (χ1v) is 8.96. The summed E-state index contributed by atoms with van der Waals surface area (Å²) in [5, 5.41) is 2.45. The predicted molar refractivity (Wildman–Crippen MR) is 106 cm³/mol. The SMILES string of the molecule is Cc1ccc(N(C)C(=O)C2CC(c3cccc4ccccc34)NN2)cc1. The van der Waals surface area contributed by atoms with Gasteiger partial charge in [0.05, 0.1) is 0 Å². The molecule has 3 aromatic rings. The second kappa shape index (κ2) is 6.90. The molecule has 0 bridgehead atoms. The number of nitrogens with one attached hydrogen (secondary N) is 2. The number of anilines is 1. The van der Waals surface area contributed by atoms with Crippen LogP contribution in [0.1, 0.15) is 23.6 Å². The molecule has 1 saturated heterocycles. The monoisotopic (exact) mass is 345 g/mol. The molecule has 2 N–H and O–H groups in total. The van der Waals surface area contributed by atoms with Crippen molar-refractivity contribution < 1.29 is 4.79 Å². The molecule has 3 aromatic carbocycles. The number of fused-ring (bicyclic) bond motifs is 1. The number of nitrogens with zero attached hydrogens (tertiary/aromatic N) is 1. The van der Waals surface area contributed by atoms with Gasteiger partial charge in [0.15, 0.2) is 0 Å². The minimum absolute atomic E-state index is 0.0732. The molecule has 4 nitrogen and oxygen atoms in total. The van der Waals surface area contributed by atoms with E-state index < -0.39 is 0 Å². The van der Waals surface area contributed by atoms with Crippen molar-refractivity contribution in [3.8, 4) is 0 Å². The Bertz CT molecular complexity index is 930. The summed E-state index contributed by atoms with van der Waals surface area (Å²) >= 11 is 0. The van der Waals surface area contributed by atoms with Crippen LogP contribution in [0.15, 0.2) is 66.7 Å². The maximum absolute atomic E-state index is 12.9. The number of likely N-dealkylation sites (N-methyl/N-ethyl adjacent to an activating group) is 1. The van der Waals surface area contributed by atoms with Crippen LogP contribution in [0.4, 0.5) is 5.69 Å². The molecule has 0 radical (unpaired) electrons. The Labute approximate surface area is 153 Å². The van der Waals surface area contributed by atoms with E-state index in [2.05, 4.69) is 53.3 Å². The Kier molecular flexibility index (Phi) is 4.45. The van der Waals surface area contributed by atoms with Crippen molar-refractivity contribution in [2.24, 2.45) is 0 Å². The summed E-state index contributed by atoms with van der Waals surface area (Å²) < 4.78 is 0. The molecule has 132 valence electrons. The van der Waals surface area contributed by atoms with Crippen LogP contribution in [0, 0.1) is 6.92 Å². The number of benzene rings is 3. The first kappa shape index (κ1) is 16.8. The van der Waals surface area contributed by atoms with Crippen molar-refractivity contribution in [2.75, 3.05) is 11.9 Å². The van der Waals surface area contributed by atoms with E-state index in [4.69, 9.17) is 0 Å². The molecule has 0 aliphatic carbocycles. The maximum Gasteiger partial charge on any atom is 0.245 e. The average molecular weight is 345 g/mol. The molecule has 1 amide bonds.